The fraction of sp³-hybridized carbons (Fsp3) is 1.00. The first kappa shape index (κ1) is 89.9. The zero-order valence-corrected chi connectivity index (χ0v) is 53.9. The number of rotatable bonds is 43. The van der Waals surface area contributed by atoms with E-state index in [1.165, 1.54) is 173 Å². The van der Waals surface area contributed by atoms with Crippen LogP contribution in [0.5, 0.6) is 0 Å². The Morgan fingerprint density at radius 2 is 0.329 bits per heavy atom. The molecule has 0 N–H and O–H groups in total. The van der Waals surface area contributed by atoms with Crippen molar-refractivity contribution in [2.75, 3.05) is 66.1 Å². The van der Waals surface area contributed by atoms with Crippen LogP contribution in [0.15, 0.2) is 0 Å². The van der Waals surface area contributed by atoms with Gasteiger partial charge in [0.15, 0.2) is 0 Å². The van der Waals surface area contributed by atoms with Crippen LogP contribution < -0.4 is 0 Å². The predicted octanol–water partition coefficient (Wildman–Crippen LogP) is 22.0. The number of ether oxygens (including phenoxy) is 6. The molecule has 0 aromatic heterocycles. The van der Waals surface area contributed by atoms with Gasteiger partial charge in [-0.25, -0.2) is 0 Å². The average molecular weight is 1050 g/mol. The quantitative estimate of drug-likeness (QED) is 0.0567. The molecule has 0 aliphatic rings. The minimum atomic E-state index is 0. The third kappa shape index (κ3) is 127. The molecule has 0 fully saturated rings. The van der Waals surface area contributed by atoms with Crippen LogP contribution in [-0.2, 0) is 47.0 Å². The summed E-state index contributed by atoms with van der Waals surface area (Å²) in [5.74, 6) is 0. The fourth-order valence-corrected chi connectivity index (χ4v) is 5.48. The first-order chi connectivity index (χ1) is 33.7. The van der Waals surface area contributed by atoms with E-state index in [1.54, 1.807) is 0 Å². The van der Waals surface area contributed by atoms with Crippen molar-refractivity contribution in [2.45, 2.75) is 349 Å². The van der Waals surface area contributed by atoms with E-state index in [-0.39, 0.29) is 30.8 Å². The normalized spacial score (nSPS) is 9.94. The van der Waals surface area contributed by atoms with E-state index in [4.69, 9.17) is 28.4 Å². The van der Waals surface area contributed by atoms with E-state index in [9.17, 15) is 0 Å². The van der Waals surface area contributed by atoms with Crippen molar-refractivity contribution in [2.24, 2.45) is 0 Å². The summed E-state index contributed by atoms with van der Waals surface area (Å²) < 4.78 is 34.1. The summed E-state index contributed by atoms with van der Waals surface area (Å²) in [4.78, 5) is 0. The van der Waals surface area contributed by atoms with Crippen LogP contribution in [0.3, 0.4) is 0 Å². The zero-order valence-electron chi connectivity index (χ0n) is 52.5. The molecule has 0 atom stereocenters. The summed E-state index contributed by atoms with van der Waals surface area (Å²) in [7, 11) is 0. The molecular weight excluding hydrogens is 904 g/mol. The van der Waals surface area contributed by atoms with Gasteiger partial charge in [-0.1, -0.05) is 298 Å². The Hall–Kier alpha value is 0.344. The van der Waals surface area contributed by atoms with Crippen LogP contribution in [0.25, 0.3) is 0 Å². The molecule has 0 aliphatic carbocycles. The van der Waals surface area contributed by atoms with Crippen molar-refractivity contribution in [3.8, 4) is 0 Å². The molecule has 0 amide bonds. The van der Waals surface area contributed by atoms with Crippen molar-refractivity contribution < 1.29 is 47.0 Å². The van der Waals surface area contributed by atoms with Crippen molar-refractivity contribution in [1.82, 2.24) is 0 Å². The first-order valence-corrected chi connectivity index (χ1v) is 31.2. The summed E-state index contributed by atoms with van der Waals surface area (Å²) >= 11 is 0. The fourth-order valence-electron chi connectivity index (χ4n) is 5.48. The maximum Gasteiger partial charge on any atom is 0.104 e. The third-order valence-electron chi connectivity index (χ3n) is 10.5. The molecule has 0 spiro atoms. The van der Waals surface area contributed by atoms with Crippen molar-refractivity contribution in [1.29, 1.82) is 0 Å². The molecule has 0 aliphatic heterocycles. The second-order valence-corrected chi connectivity index (χ2v) is 18.6. The Morgan fingerprint density at radius 1 is 0.186 bits per heavy atom. The maximum absolute atomic E-state index is 5.79. The Labute approximate surface area is 459 Å². The van der Waals surface area contributed by atoms with E-state index in [0.29, 0.717) is 26.4 Å². The molecule has 435 valence electrons. The minimum absolute atomic E-state index is 0. The molecule has 0 unspecified atom stereocenters. The van der Waals surface area contributed by atoms with Crippen LogP contribution >= 0.6 is 0 Å². The van der Waals surface area contributed by atoms with Crippen molar-refractivity contribution in [3.63, 3.8) is 0 Å². The van der Waals surface area contributed by atoms with Gasteiger partial charge in [-0.15, -0.1) is 0 Å². The molecule has 0 saturated heterocycles. The van der Waals surface area contributed by atoms with E-state index in [2.05, 4.69) is 125 Å². The van der Waals surface area contributed by atoms with Crippen LogP contribution in [0, 0.1) is 0 Å². The molecule has 0 heterocycles. The molecule has 0 aromatic rings. The van der Waals surface area contributed by atoms with E-state index < -0.39 is 0 Å². The smallest absolute Gasteiger partial charge is 0.104 e. The summed E-state index contributed by atoms with van der Waals surface area (Å²) in [6, 6.07) is 0. The molecule has 0 aromatic carbocycles. The number of hydrogen-bond acceptors (Lipinski definition) is 6. The van der Waals surface area contributed by atoms with E-state index >= 15 is 0 Å². The summed E-state index contributed by atoms with van der Waals surface area (Å²) in [6.07, 6.45) is 42.8. The van der Waals surface area contributed by atoms with Gasteiger partial charge in [0.05, 0.1) is 26.4 Å². The molecule has 0 rings (SSSR count). The van der Waals surface area contributed by atoms with Gasteiger partial charge in [0.25, 0.3) is 0 Å². The Bertz CT molecular complexity index is 564. The molecule has 0 bridgehead atoms. The van der Waals surface area contributed by atoms with Crippen LogP contribution in [0.4, 0.5) is 0 Å². The molecule has 0 saturated carbocycles. The zero-order chi connectivity index (χ0) is 53.8. The summed E-state index contributed by atoms with van der Waals surface area (Å²) in [6.45, 7) is 47.3. The van der Waals surface area contributed by atoms with Crippen LogP contribution in [0.1, 0.15) is 337 Å². The summed E-state index contributed by atoms with van der Waals surface area (Å²) in [5, 5.41) is 0. The third-order valence-corrected chi connectivity index (χ3v) is 10.5. The van der Waals surface area contributed by atoms with Gasteiger partial charge >= 0.3 is 0 Å². The van der Waals surface area contributed by atoms with Crippen LogP contribution in [0.2, 0.25) is 0 Å². The predicted molar refractivity (Wildman–Crippen MR) is 317 cm³/mol. The van der Waals surface area contributed by atoms with Crippen LogP contribution in [-0.4, -0.2) is 78.3 Å². The standard InChI is InChI=1S/2C15H32O3.3C6H14.3C5H12.V/c2*1-4-7-10-16-13-15(18-12-9-6-3)14-17-11-8-5-2;3*1-3-5-6-4-2;3*1-3-5-4-2;/h2*15H,4-14H2,1-3H3;3*3-6H2,1-2H3;3*3-5H2,1-2H3;. The average Bonchev–Trinajstić information content (AvgIpc) is 3.36. The molecule has 7 heteroatoms. The Kier molecular flexibility index (Phi) is 136. The van der Waals surface area contributed by atoms with Crippen molar-refractivity contribution in [3.05, 3.63) is 0 Å². The number of hydrogen-bond donors (Lipinski definition) is 0. The second-order valence-electron chi connectivity index (χ2n) is 18.6. The van der Waals surface area contributed by atoms with Gasteiger partial charge in [0.2, 0.25) is 0 Å². The summed E-state index contributed by atoms with van der Waals surface area (Å²) in [5.41, 5.74) is 0. The Morgan fingerprint density at radius 3 is 0.457 bits per heavy atom. The van der Waals surface area contributed by atoms with Gasteiger partial charge in [-0.05, 0) is 38.5 Å². The second kappa shape index (κ2) is 106. The minimum Gasteiger partial charge on any atom is -0.379 e. The Balaban J connectivity index is -0.0000000935. The van der Waals surface area contributed by atoms with E-state index in [1.807, 2.05) is 0 Å². The topological polar surface area (TPSA) is 55.4 Å². The van der Waals surface area contributed by atoms with Crippen molar-refractivity contribution >= 4 is 0 Å². The van der Waals surface area contributed by atoms with Gasteiger partial charge in [0.1, 0.15) is 12.2 Å². The molecule has 1 radical (unpaired) electrons. The molecular formula is C63H142O6V. The maximum atomic E-state index is 5.79. The van der Waals surface area contributed by atoms with Gasteiger partial charge in [-0.3, -0.25) is 0 Å². The monoisotopic (exact) mass is 1050 g/mol. The molecule has 6 nitrogen and oxygen atoms in total. The van der Waals surface area contributed by atoms with Gasteiger partial charge in [0, 0.05) is 58.2 Å². The van der Waals surface area contributed by atoms with E-state index in [0.717, 1.165) is 78.2 Å². The van der Waals surface area contributed by atoms with Gasteiger partial charge in [-0.2, -0.15) is 0 Å². The largest absolute Gasteiger partial charge is 0.379 e. The SMILES string of the molecule is CCCCC.CCCCC.CCCCC.CCCCCC.CCCCCC.CCCCCC.CCCCOCC(COCCCC)OCCCC.CCCCOCC(COCCCC)OCCCC.[V]. The molecule has 70 heavy (non-hydrogen) atoms. The number of unbranched alkanes of at least 4 members (excludes halogenated alkanes) is 21. The van der Waals surface area contributed by atoms with Gasteiger partial charge < -0.3 is 28.4 Å². The first-order valence-electron chi connectivity index (χ1n) is 31.2.